The number of nitrogens with two attached hydrogens (primary N) is 1. The first kappa shape index (κ1) is 11.6. The molecule has 0 amide bonds. The van der Waals surface area contributed by atoms with Gasteiger partial charge in [-0.25, -0.2) is 15.8 Å². The molecule has 0 aliphatic rings. The highest BCUT2D eigenvalue weighted by Crippen LogP contribution is 2.15. The summed E-state index contributed by atoms with van der Waals surface area (Å²) in [6.45, 7) is 3.98. The Kier molecular flexibility index (Phi) is 3.73. The van der Waals surface area contributed by atoms with Gasteiger partial charge in [0.1, 0.15) is 0 Å². The highest BCUT2D eigenvalue weighted by molar-refractivity contribution is 5.65. The number of anilines is 2. The molecule has 4 N–H and O–H groups in total. The second kappa shape index (κ2) is 5.46. The van der Waals surface area contributed by atoms with E-state index in [0.717, 1.165) is 5.65 Å². The van der Waals surface area contributed by atoms with E-state index in [-0.39, 0.29) is 0 Å². The van der Waals surface area contributed by atoms with Gasteiger partial charge in [0, 0.05) is 25.5 Å². The van der Waals surface area contributed by atoms with Gasteiger partial charge in [-0.15, -0.1) is 0 Å². The van der Waals surface area contributed by atoms with E-state index >= 15 is 0 Å². The number of ether oxygens (including phenoxy) is 1. The number of nitrogen functional groups attached to an aromatic ring is 1. The molecule has 2 rings (SSSR count). The molecule has 0 radical (unpaired) electrons. The van der Waals surface area contributed by atoms with E-state index < -0.39 is 0 Å². The van der Waals surface area contributed by atoms with Gasteiger partial charge in [-0.1, -0.05) is 0 Å². The van der Waals surface area contributed by atoms with Crippen LogP contribution in [0.3, 0.4) is 0 Å². The third kappa shape index (κ3) is 2.63. The van der Waals surface area contributed by atoms with Gasteiger partial charge in [-0.2, -0.15) is 0 Å². The van der Waals surface area contributed by atoms with Crippen molar-refractivity contribution in [2.24, 2.45) is 5.84 Å². The van der Waals surface area contributed by atoms with E-state index in [2.05, 4.69) is 20.7 Å². The van der Waals surface area contributed by atoms with Crippen molar-refractivity contribution in [2.45, 2.75) is 6.92 Å². The van der Waals surface area contributed by atoms with E-state index in [1.165, 1.54) is 0 Å². The van der Waals surface area contributed by atoms with Crippen molar-refractivity contribution in [1.29, 1.82) is 0 Å². The Morgan fingerprint density at radius 2 is 2.41 bits per heavy atom. The number of aromatic nitrogens is 3. The Morgan fingerprint density at radius 3 is 3.18 bits per heavy atom. The molecule has 0 aliphatic carbocycles. The molecule has 7 heteroatoms. The largest absolute Gasteiger partial charge is 0.380 e. The summed E-state index contributed by atoms with van der Waals surface area (Å²) in [5, 5.41) is 3.17. The molecule has 2 heterocycles. The van der Waals surface area contributed by atoms with Crippen molar-refractivity contribution in [2.75, 3.05) is 30.5 Å². The van der Waals surface area contributed by atoms with Crippen LogP contribution in [0.4, 0.5) is 11.6 Å². The topological polar surface area (TPSA) is 89.5 Å². The number of hydrogen-bond donors (Lipinski definition) is 3. The Hall–Kier alpha value is -1.86. The zero-order valence-electron chi connectivity index (χ0n) is 9.68. The highest BCUT2D eigenvalue weighted by atomic mass is 16.5. The van der Waals surface area contributed by atoms with Crippen LogP contribution in [-0.2, 0) is 4.74 Å². The predicted octanol–water partition coefficient (Wildman–Crippen LogP) is 0.463. The fourth-order valence-corrected chi connectivity index (χ4v) is 1.51. The minimum atomic E-state index is 0.578. The maximum Gasteiger partial charge on any atom is 0.180 e. The number of hydrazine groups is 1. The fraction of sp³-hybridized carbons (Fsp3) is 0.400. The summed E-state index contributed by atoms with van der Waals surface area (Å²) >= 11 is 0. The van der Waals surface area contributed by atoms with Crippen LogP contribution in [0, 0.1) is 0 Å². The summed E-state index contributed by atoms with van der Waals surface area (Å²) in [5.74, 6) is 6.62. The van der Waals surface area contributed by atoms with Crippen LogP contribution >= 0.6 is 0 Å². The van der Waals surface area contributed by atoms with Gasteiger partial charge in [0.05, 0.1) is 12.8 Å². The molecular weight excluding hydrogens is 220 g/mol. The Morgan fingerprint density at radius 1 is 1.53 bits per heavy atom. The predicted molar refractivity (Wildman–Crippen MR) is 65.8 cm³/mol. The first-order valence-corrected chi connectivity index (χ1v) is 5.47. The molecular formula is C10H16N6O. The fourth-order valence-electron chi connectivity index (χ4n) is 1.51. The van der Waals surface area contributed by atoms with Gasteiger partial charge in [0.2, 0.25) is 0 Å². The summed E-state index contributed by atoms with van der Waals surface area (Å²) in [5.41, 5.74) is 3.28. The maximum absolute atomic E-state index is 5.36. The molecule has 0 atom stereocenters. The third-order valence-corrected chi connectivity index (χ3v) is 2.26. The first-order chi connectivity index (χ1) is 8.35. The van der Waals surface area contributed by atoms with Gasteiger partial charge in [-0.3, -0.25) is 0 Å². The number of rotatable bonds is 6. The molecule has 2 aromatic rings. The van der Waals surface area contributed by atoms with Gasteiger partial charge >= 0.3 is 0 Å². The molecule has 92 valence electrons. The molecule has 2 aromatic heterocycles. The van der Waals surface area contributed by atoms with Crippen molar-refractivity contribution in [3.05, 3.63) is 18.6 Å². The molecule has 0 saturated heterocycles. The van der Waals surface area contributed by atoms with Crippen LogP contribution in [0.1, 0.15) is 6.92 Å². The highest BCUT2D eigenvalue weighted by Gasteiger charge is 2.05. The van der Waals surface area contributed by atoms with Crippen molar-refractivity contribution in [3.63, 3.8) is 0 Å². The Labute approximate surface area is 99.0 Å². The standard InChI is InChI=1S/C10H16N6O/c1-2-17-6-4-12-9-10-13-3-5-16(10)7-8(14-9)15-11/h3,5,7,15H,2,4,6,11H2,1H3,(H,12,14). The summed E-state index contributed by atoms with van der Waals surface area (Å²) in [7, 11) is 0. The number of nitrogens with one attached hydrogen (secondary N) is 2. The molecule has 0 fully saturated rings. The molecule has 0 aromatic carbocycles. The van der Waals surface area contributed by atoms with Crippen molar-refractivity contribution in [3.8, 4) is 0 Å². The number of nitrogens with zero attached hydrogens (tertiary/aromatic N) is 3. The summed E-state index contributed by atoms with van der Waals surface area (Å²) in [6.07, 6.45) is 5.33. The quantitative estimate of drug-likeness (QED) is 0.383. The zero-order chi connectivity index (χ0) is 12.1. The number of fused-ring (bicyclic) bond motifs is 1. The van der Waals surface area contributed by atoms with Crippen LogP contribution in [0.15, 0.2) is 18.6 Å². The average molecular weight is 236 g/mol. The van der Waals surface area contributed by atoms with Crippen LogP contribution in [0.25, 0.3) is 5.65 Å². The van der Waals surface area contributed by atoms with E-state index in [1.807, 2.05) is 17.5 Å². The lowest BCUT2D eigenvalue weighted by Crippen LogP contribution is -2.14. The molecule has 0 saturated carbocycles. The molecule has 0 bridgehead atoms. The van der Waals surface area contributed by atoms with Gasteiger partial charge < -0.3 is 19.9 Å². The third-order valence-electron chi connectivity index (χ3n) is 2.26. The normalized spacial score (nSPS) is 10.7. The van der Waals surface area contributed by atoms with E-state index in [0.29, 0.717) is 31.4 Å². The van der Waals surface area contributed by atoms with Crippen molar-refractivity contribution in [1.82, 2.24) is 14.4 Å². The monoisotopic (exact) mass is 236 g/mol. The van der Waals surface area contributed by atoms with Crippen LogP contribution in [0.2, 0.25) is 0 Å². The van der Waals surface area contributed by atoms with Crippen molar-refractivity contribution >= 4 is 17.3 Å². The zero-order valence-corrected chi connectivity index (χ0v) is 9.68. The minimum absolute atomic E-state index is 0.578. The van der Waals surface area contributed by atoms with Crippen LogP contribution in [-0.4, -0.2) is 34.1 Å². The molecule has 0 unspecified atom stereocenters. The summed E-state index contributed by atoms with van der Waals surface area (Å²) < 4.78 is 7.10. The number of hydrogen-bond acceptors (Lipinski definition) is 6. The van der Waals surface area contributed by atoms with Crippen LogP contribution in [0.5, 0.6) is 0 Å². The summed E-state index contributed by atoms with van der Waals surface area (Å²) in [4.78, 5) is 8.52. The molecule has 7 nitrogen and oxygen atoms in total. The van der Waals surface area contributed by atoms with Crippen molar-refractivity contribution < 1.29 is 4.74 Å². The Bertz CT molecular complexity index is 483. The van der Waals surface area contributed by atoms with Crippen LogP contribution < -0.4 is 16.6 Å². The molecule has 0 spiro atoms. The average Bonchev–Trinajstić information content (AvgIpc) is 2.82. The number of imidazole rings is 1. The first-order valence-electron chi connectivity index (χ1n) is 5.47. The second-order valence-corrected chi connectivity index (χ2v) is 3.40. The lowest BCUT2D eigenvalue weighted by molar-refractivity contribution is 0.158. The van der Waals surface area contributed by atoms with E-state index in [9.17, 15) is 0 Å². The smallest absolute Gasteiger partial charge is 0.180 e. The molecule has 0 aliphatic heterocycles. The van der Waals surface area contributed by atoms with Gasteiger partial charge in [0.25, 0.3) is 0 Å². The van der Waals surface area contributed by atoms with Gasteiger partial charge in [0.15, 0.2) is 17.3 Å². The lowest BCUT2D eigenvalue weighted by atomic mass is 10.5. The van der Waals surface area contributed by atoms with E-state index in [4.69, 9.17) is 10.6 Å². The van der Waals surface area contributed by atoms with Gasteiger partial charge in [-0.05, 0) is 6.92 Å². The minimum Gasteiger partial charge on any atom is -0.380 e. The Balaban J connectivity index is 2.16. The van der Waals surface area contributed by atoms with E-state index in [1.54, 1.807) is 12.4 Å². The maximum atomic E-state index is 5.36. The lowest BCUT2D eigenvalue weighted by Gasteiger charge is -2.09. The molecule has 17 heavy (non-hydrogen) atoms. The second-order valence-electron chi connectivity index (χ2n) is 3.40. The summed E-state index contributed by atoms with van der Waals surface area (Å²) in [6, 6.07) is 0. The SMILES string of the molecule is CCOCCNc1nc(NN)cn2ccnc12.